The molecular weight excluding hydrogens is 355 g/mol. The standard InChI is InChI=1S/C16H20Cl2N2O4/c17-11-3-10(13(22)4-12(11)18)15(19)9-2-8-1-7(9)5-20(8)16(24)14(23)6-21/h3-4,7-9,14-15,21-23H,1-2,5-6,19H2/t7?,8?,9?,14-,15+/m1/s1. The van der Waals surface area contributed by atoms with E-state index in [9.17, 15) is 15.0 Å². The van der Waals surface area contributed by atoms with E-state index in [1.807, 2.05) is 0 Å². The minimum absolute atomic E-state index is 0.00432. The fourth-order valence-electron chi connectivity index (χ4n) is 4.02. The van der Waals surface area contributed by atoms with E-state index in [0.717, 1.165) is 6.42 Å². The van der Waals surface area contributed by atoms with Gasteiger partial charge in [-0.3, -0.25) is 4.79 Å². The minimum atomic E-state index is -1.37. The Labute approximate surface area is 149 Å². The number of carbonyl (C=O) groups is 1. The largest absolute Gasteiger partial charge is 0.508 e. The monoisotopic (exact) mass is 374 g/mol. The van der Waals surface area contributed by atoms with E-state index >= 15 is 0 Å². The Bertz CT molecular complexity index is 657. The molecule has 0 aromatic heterocycles. The minimum Gasteiger partial charge on any atom is -0.508 e. The summed E-state index contributed by atoms with van der Waals surface area (Å²) in [5.41, 5.74) is 6.91. The summed E-state index contributed by atoms with van der Waals surface area (Å²) in [5, 5.41) is 29.2. The summed E-state index contributed by atoms with van der Waals surface area (Å²) in [6.07, 6.45) is 0.135. The maximum Gasteiger partial charge on any atom is 0.254 e. The summed E-state index contributed by atoms with van der Waals surface area (Å²) in [7, 11) is 0. The van der Waals surface area contributed by atoms with Crippen molar-refractivity contribution in [1.29, 1.82) is 0 Å². The number of likely N-dealkylation sites (tertiary alicyclic amines) is 1. The second-order valence-corrected chi connectivity index (χ2v) is 7.40. The summed E-state index contributed by atoms with van der Waals surface area (Å²) >= 11 is 11.9. The van der Waals surface area contributed by atoms with Gasteiger partial charge in [0, 0.05) is 30.3 Å². The number of piperidine rings is 1. The lowest BCUT2D eigenvalue weighted by molar-refractivity contribution is -0.144. The first kappa shape index (κ1) is 17.8. The molecule has 1 saturated carbocycles. The number of carbonyl (C=O) groups excluding carboxylic acids is 1. The van der Waals surface area contributed by atoms with Crippen molar-refractivity contribution < 1.29 is 20.1 Å². The topological polar surface area (TPSA) is 107 Å². The molecule has 0 spiro atoms. The molecule has 24 heavy (non-hydrogen) atoms. The number of aromatic hydroxyl groups is 1. The highest BCUT2D eigenvalue weighted by Gasteiger charge is 2.49. The van der Waals surface area contributed by atoms with Crippen LogP contribution in [-0.4, -0.2) is 51.4 Å². The van der Waals surface area contributed by atoms with Crippen LogP contribution >= 0.6 is 23.2 Å². The summed E-state index contributed by atoms with van der Waals surface area (Å²) in [5.74, 6) is -0.125. The van der Waals surface area contributed by atoms with Gasteiger partial charge in [-0.15, -0.1) is 0 Å². The van der Waals surface area contributed by atoms with Crippen LogP contribution in [-0.2, 0) is 4.79 Å². The van der Waals surface area contributed by atoms with Gasteiger partial charge in [0.2, 0.25) is 0 Å². The number of halogens is 2. The van der Waals surface area contributed by atoms with Crippen LogP contribution in [0.5, 0.6) is 5.75 Å². The molecular formula is C16H20Cl2N2O4. The molecule has 5 atom stereocenters. The average molecular weight is 375 g/mol. The molecule has 1 saturated heterocycles. The number of aliphatic hydroxyl groups is 2. The van der Waals surface area contributed by atoms with E-state index in [-0.39, 0.29) is 28.6 Å². The average Bonchev–Trinajstić information content (AvgIpc) is 3.16. The van der Waals surface area contributed by atoms with Crippen LogP contribution in [0.4, 0.5) is 0 Å². The number of phenols is 1. The quantitative estimate of drug-likeness (QED) is 0.635. The van der Waals surface area contributed by atoms with Crippen molar-refractivity contribution in [2.24, 2.45) is 17.6 Å². The molecule has 2 aliphatic rings. The maximum absolute atomic E-state index is 12.1. The van der Waals surface area contributed by atoms with Crippen LogP contribution in [0.15, 0.2) is 12.1 Å². The second-order valence-electron chi connectivity index (χ2n) is 6.59. The number of aliphatic hydroxyl groups excluding tert-OH is 2. The second kappa shape index (κ2) is 6.69. The van der Waals surface area contributed by atoms with Crippen molar-refractivity contribution in [3.63, 3.8) is 0 Å². The van der Waals surface area contributed by atoms with Gasteiger partial charge in [-0.2, -0.15) is 0 Å². The highest BCUT2D eigenvalue weighted by molar-refractivity contribution is 6.42. The van der Waals surface area contributed by atoms with Crippen molar-refractivity contribution >= 4 is 29.1 Å². The molecule has 1 amide bonds. The summed E-state index contributed by atoms with van der Waals surface area (Å²) in [4.78, 5) is 13.7. The number of amides is 1. The Morgan fingerprint density at radius 3 is 2.58 bits per heavy atom. The highest BCUT2D eigenvalue weighted by atomic mass is 35.5. The SMILES string of the molecule is N[C@H](c1cc(Cl)c(Cl)cc1O)C1CC2CC1CN2C(=O)[C@H](O)CO. The Kier molecular flexibility index (Phi) is 4.95. The number of phenolic OH excluding ortho intramolecular Hbond substituents is 1. The normalized spacial score (nSPS) is 28.2. The molecule has 1 aliphatic heterocycles. The van der Waals surface area contributed by atoms with Gasteiger partial charge in [0.15, 0.2) is 6.10 Å². The van der Waals surface area contributed by atoms with Gasteiger partial charge in [0.25, 0.3) is 5.91 Å². The first-order chi connectivity index (χ1) is 11.3. The molecule has 132 valence electrons. The number of nitrogens with zero attached hydrogens (tertiary/aromatic N) is 1. The third kappa shape index (κ3) is 2.97. The molecule has 1 aromatic rings. The number of fused-ring (bicyclic) bond motifs is 2. The van der Waals surface area contributed by atoms with Gasteiger partial charge >= 0.3 is 0 Å². The highest BCUT2D eigenvalue weighted by Crippen LogP contribution is 2.48. The Morgan fingerprint density at radius 2 is 2.00 bits per heavy atom. The van der Waals surface area contributed by atoms with Gasteiger partial charge in [0.1, 0.15) is 5.75 Å². The summed E-state index contributed by atoms with van der Waals surface area (Å²) in [6.45, 7) is -0.0756. The predicted octanol–water partition coefficient (Wildman–Crippen LogP) is 1.29. The van der Waals surface area contributed by atoms with E-state index in [4.69, 9.17) is 34.0 Å². The number of benzene rings is 1. The van der Waals surface area contributed by atoms with Gasteiger partial charge < -0.3 is 26.0 Å². The molecule has 1 aromatic carbocycles. The van der Waals surface area contributed by atoms with Crippen LogP contribution in [0.1, 0.15) is 24.4 Å². The van der Waals surface area contributed by atoms with E-state index in [1.54, 1.807) is 11.0 Å². The van der Waals surface area contributed by atoms with Crippen LogP contribution < -0.4 is 5.73 Å². The third-order valence-corrected chi connectivity index (χ3v) is 5.95. The lowest BCUT2D eigenvalue weighted by Gasteiger charge is -2.35. The van der Waals surface area contributed by atoms with Crippen molar-refractivity contribution in [1.82, 2.24) is 4.90 Å². The lowest BCUT2D eigenvalue weighted by Crippen LogP contribution is -2.47. The Hall–Kier alpha value is -1.05. The summed E-state index contributed by atoms with van der Waals surface area (Å²) < 4.78 is 0. The number of hydrogen-bond donors (Lipinski definition) is 4. The number of rotatable bonds is 4. The van der Waals surface area contributed by atoms with Crippen LogP contribution in [0.3, 0.4) is 0 Å². The smallest absolute Gasteiger partial charge is 0.254 e. The van der Waals surface area contributed by atoms with E-state index in [0.29, 0.717) is 23.6 Å². The Balaban J connectivity index is 1.74. The Morgan fingerprint density at radius 1 is 1.33 bits per heavy atom. The van der Waals surface area contributed by atoms with Crippen molar-refractivity contribution in [2.75, 3.05) is 13.2 Å². The van der Waals surface area contributed by atoms with Gasteiger partial charge in [0.05, 0.1) is 16.7 Å². The van der Waals surface area contributed by atoms with E-state index in [2.05, 4.69) is 0 Å². The molecule has 1 heterocycles. The van der Waals surface area contributed by atoms with Crippen molar-refractivity contribution in [2.45, 2.75) is 31.0 Å². The fourth-order valence-corrected chi connectivity index (χ4v) is 4.35. The zero-order chi connectivity index (χ0) is 17.6. The van der Waals surface area contributed by atoms with Crippen LogP contribution in [0.25, 0.3) is 0 Å². The van der Waals surface area contributed by atoms with Crippen LogP contribution in [0.2, 0.25) is 10.0 Å². The fraction of sp³-hybridized carbons (Fsp3) is 0.562. The molecule has 1 aliphatic carbocycles. The molecule has 2 bridgehead atoms. The zero-order valence-corrected chi connectivity index (χ0v) is 14.4. The van der Waals surface area contributed by atoms with Gasteiger partial charge in [-0.1, -0.05) is 23.2 Å². The molecule has 2 fully saturated rings. The van der Waals surface area contributed by atoms with Crippen LogP contribution in [0, 0.1) is 11.8 Å². The molecule has 0 radical (unpaired) electrons. The third-order valence-electron chi connectivity index (χ3n) is 5.23. The first-order valence-electron chi connectivity index (χ1n) is 7.86. The van der Waals surface area contributed by atoms with E-state index in [1.165, 1.54) is 6.07 Å². The first-order valence-corrected chi connectivity index (χ1v) is 8.62. The molecule has 3 unspecified atom stereocenters. The molecule has 8 heteroatoms. The predicted molar refractivity (Wildman–Crippen MR) is 89.9 cm³/mol. The molecule has 5 N–H and O–H groups in total. The number of hydrogen-bond acceptors (Lipinski definition) is 5. The lowest BCUT2D eigenvalue weighted by atomic mass is 9.84. The summed E-state index contributed by atoms with van der Waals surface area (Å²) in [6, 6.07) is 2.58. The molecule has 3 rings (SSSR count). The number of nitrogens with two attached hydrogens (primary N) is 1. The van der Waals surface area contributed by atoms with Gasteiger partial charge in [-0.05, 0) is 30.7 Å². The van der Waals surface area contributed by atoms with Gasteiger partial charge in [-0.25, -0.2) is 0 Å². The van der Waals surface area contributed by atoms with Crippen molar-refractivity contribution in [3.8, 4) is 5.75 Å². The zero-order valence-electron chi connectivity index (χ0n) is 12.9. The molecule has 6 nitrogen and oxygen atoms in total. The van der Waals surface area contributed by atoms with Crippen molar-refractivity contribution in [3.05, 3.63) is 27.7 Å². The maximum atomic E-state index is 12.1. The van der Waals surface area contributed by atoms with E-state index < -0.39 is 24.7 Å².